The van der Waals surface area contributed by atoms with E-state index in [0.717, 1.165) is 43.0 Å². The van der Waals surface area contributed by atoms with E-state index in [-0.39, 0.29) is 0 Å². The molecule has 0 aromatic carbocycles. The van der Waals surface area contributed by atoms with E-state index in [0.29, 0.717) is 12.1 Å². The maximum atomic E-state index is 5.38. The van der Waals surface area contributed by atoms with Crippen molar-refractivity contribution in [3.63, 3.8) is 0 Å². The monoisotopic (exact) mass is 261 g/mol. The van der Waals surface area contributed by atoms with Gasteiger partial charge in [0.1, 0.15) is 11.6 Å². The van der Waals surface area contributed by atoms with Gasteiger partial charge in [-0.3, -0.25) is 0 Å². The third-order valence-electron chi connectivity index (χ3n) is 3.67. The van der Waals surface area contributed by atoms with Crippen LogP contribution >= 0.6 is 0 Å². The second-order valence-electron chi connectivity index (χ2n) is 5.08. The highest BCUT2D eigenvalue weighted by atomic mass is 16.5. The molecule has 1 N–H and O–H groups in total. The number of hydrogen-bond donors (Lipinski definition) is 1. The van der Waals surface area contributed by atoms with Gasteiger partial charge in [-0.15, -0.1) is 14.8 Å². The molecule has 0 aliphatic heterocycles. The van der Waals surface area contributed by atoms with Crippen molar-refractivity contribution < 1.29 is 4.74 Å². The summed E-state index contributed by atoms with van der Waals surface area (Å²) in [7, 11) is 1.79. The fraction of sp³-hybridized carbons (Fsp3) is 0.615. The zero-order valence-corrected chi connectivity index (χ0v) is 11.3. The van der Waals surface area contributed by atoms with Crippen molar-refractivity contribution in [1.82, 2.24) is 19.8 Å². The van der Waals surface area contributed by atoms with Crippen LogP contribution in [0.1, 0.15) is 31.5 Å². The lowest BCUT2D eigenvalue weighted by molar-refractivity contribution is 0.0681. The molecule has 102 valence electrons. The first-order chi connectivity index (χ1) is 9.24. The summed E-state index contributed by atoms with van der Waals surface area (Å²) in [4.78, 5) is 4.27. The van der Waals surface area contributed by atoms with Crippen molar-refractivity contribution in [2.75, 3.05) is 12.4 Å². The summed E-state index contributed by atoms with van der Waals surface area (Å²) in [5.41, 5.74) is 0.783. The molecular weight excluding hydrogens is 242 g/mol. The summed E-state index contributed by atoms with van der Waals surface area (Å²) in [6.07, 6.45) is 4.88. The predicted molar refractivity (Wildman–Crippen MR) is 72.2 cm³/mol. The molecule has 6 nitrogen and oxygen atoms in total. The number of aryl methyl sites for hydroxylation is 1. The van der Waals surface area contributed by atoms with Crippen molar-refractivity contribution in [2.45, 2.75) is 44.8 Å². The van der Waals surface area contributed by atoms with E-state index in [4.69, 9.17) is 4.74 Å². The fourth-order valence-electron chi connectivity index (χ4n) is 2.62. The SMILES string of the molecule is COC1CCC(Nc2ccc3nc(C)nn3n2)CC1. The van der Waals surface area contributed by atoms with Crippen molar-refractivity contribution in [2.24, 2.45) is 0 Å². The first-order valence-electron chi connectivity index (χ1n) is 6.74. The van der Waals surface area contributed by atoms with Crippen LogP contribution in [-0.4, -0.2) is 39.1 Å². The third kappa shape index (κ3) is 2.68. The number of fused-ring (bicyclic) bond motifs is 1. The van der Waals surface area contributed by atoms with Crippen LogP contribution in [0.3, 0.4) is 0 Å². The Morgan fingerprint density at radius 3 is 2.74 bits per heavy atom. The van der Waals surface area contributed by atoms with Gasteiger partial charge >= 0.3 is 0 Å². The van der Waals surface area contributed by atoms with Crippen LogP contribution in [0.25, 0.3) is 5.65 Å². The highest BCUT2D eigenvalue weighted by molar-refractivity contribution is 5.43. The molecule has 0 atom stereocenters. The average molecular weight is 261 g/mol. The Bertz CT molecular complexity index is 559. The molecule has 0 bridgehead atoms. The molecule has 1 fully saturated rings. The van der Waals surface area contributed by atoms with Gasteiger partial charge in [0.15, 0.2) is 5.65 Å². The lowest BCUT2D eigenvalue weighted by Gasteiger charge is -2.28. The highest BCUT2D eigenvalue weighted by Gasteiger charge is 2.20. The molecule has 0 amide bonds. The molecule has 19 heavy (non-hydrogen) atoms. The lowest BCUT2D eigenvalue weighted by Crippen LogP contribution is -2.29. The van der Waals surface area contributed by atoms with Crippen LogP contribution in [0, 0.1) is 6.92 Å². The topological polar surface area (TPSA) is 64.3 Å². The first-order valence-corrected chi connectivity index (χ1v) is 6.74. The smallest absolute Gasteiger partial charge is 0.176 e. The highest BCUT2D eigenvalue weighted by Crippen LogP contribution is 2.23. The molecule has 1 saturated carbocycles. The van der Waals surface area contributed by atoms with Gasteiger partial charge in [0.25, 0.3) is 0 Å². The molecule has 0 unspecified atom stereocenters. The Balaban J connectivity index is 1.68. The minimum Gasteiger partial charge on any atom is -0.381 e. The number of nitrogens with zero attached hydrogens (tertiary/aromatic N) is 4. The van der Waals surface area contributed by atoms with Gasteiger partial charge in [0, 0.05) is 13.2 Å². The van der Waals surface area contributed by atoms with Crippen LogP contribution in [0.2, 0.25) is 0 Å². The minimum absolute atomic E-state index is 0.423. The summed E-state index contributed by atoms with van der Waals surface area (Å²) in [5.74, 6) is 1.60. The van der Waals surface area contributed by atoms with E-state index in [1.165, 1.54) is 0 Å². The third-order valence-corrected chi connectivity index (χ3v) is 3.67. The zero-order valence-electron chi connectivity index (χ0n) is 11.3. The number of hydrogen-bond acceptors (Lipinski definition) is 5. The molecule has 0 spiro atoms. The first kappa shape index (κ1) is 12.3. The number of nitrogens with one attached hydrogen (secondary N) is 1. The van der Waals surface area contributed by atoms with Crippen molar-refractivity contribution >= 4 is 11.5 Å². The van der Waals surface area contributed by atoms with Crippen LogP contribution in [0.4, 0.5) is 5.82 Å². The van der Waals surface area contributed by atoms with Gasteiger partial charge in [-0.1, -0.05) is 0 Å². The Kier molecular flexibility index (Phi) is 3.33. The second kappa shape index (κ2) is 5.13. The quantitative estimate of drug-likeness (QED) is 0.912. The summed E-state index contributed by atoms with van der Waals surface area (Å²) in [5, 5.41) is 12.1. The van der Waals surface area contributed by atoms with Gasteiger partial charge in [-0.2, -0.15) is 0 Å². The van der Waals surface area contributed by atoms with E-state index in [2.05, 4.69) is 20.5 Å². The summed E-state index contributed by atoms with van der Waals surface area (Å²) in [6, 6.07) is 4.38. The van der Waals surface area contributed by atoms with Crippen LogP contribution in [0.5, 0.6) is 0 Å². The molecule has 1 aliphatic rings. The lowest BCUT2D eigenvalue weighted by atomic mass is 9.93. The minimum atomic E-state index is 0.423. The van der Waals surface area contributed by atoms with Gasteiger partial charge < -0.3 is 10.1 Å². The van der Waals surface area contributed by atoms with Gasteiger partial charge in [-0.25, -0.2) is 4.98 Å². The van der Waals surface area contributed by atoms with Crippen molar-refractivity contribution in [3.8, 4) is 0 Å². The Morgan fingerprint density at radius 1 is 1.21 bits per heavy atom. The number of ether oxygens (including phenoxy) is 1. The fourth-order valence-corrected chi connectivity index (χ4v) is 2.62. The van der Waals surface area contributed by atoms with Crippen LogP contribution in [0.15, 0.2) is 12.1 Å². The Morgan fingerprint density at radius 2 is 2.00 bits per heavy atom. The van der Waals surface area contributed by atoms with Gasteiger partial charge in [0.05, 0.1) is 6.10 Å². The van der Waals surface area contributed by atoms with Crippen LogP contribution < -0.4 is 5.32 Å². The van der Waals surface area contributed by atoms with E-state index in [1.54, 1.807) is 11.7 Å². The van der Waals surface area contributed by atoms with E-state index >= 15 is 0 Å². The maximum Gasteiger partial charge on any atom is 0.176 e. The molecule has 0 saturated heterocycles. The Hall–Kier alpha value is -1.69. The molecule has 3 rings (SSSR count). The molecule has 1 aliphatic carbocycles. The average Bonchev–Trinajstić information content (AvgIpc) is 2.79. The number of aromatic nitrogens is 4. The van der Waals surface area contributed by atoms with Crippen molar-refractivity contribution in [1.29, 1.82) is 0 Å². The summed E-state index contributed by atoms with van der Waals surface area (Å²) >= 11 is 0. The van der Waals surface area contributed by atoms with E-state index in [9.17, 15) is 0 Å². The summed E-state index contributed by atoms with van der Waals surface area (Å²) < 4.78 is 6.97. The normalized spacial score (nSPS) is 23.7. The molecule has 2 aromatic heterocycles. The molecule has 2 heterocycles. The van der Waals surface area contributed by atoms with Crippen molar-refractivity contribution in [3.05, 3.63) is 18.0 Å². The standard InChI is InChI=1S/C13H19N5O/c1-9-14-13-8-7-12(17-18(13)16-9)15-10-3-5-11(19-2)6-4-10/h7-8,10-11H,3-6H2,1-2H3,(H,15,17). The van der Waals surface area contributed by atoms with Gasteiger partial charge in [-0.05, 0) is 44.7 Å². The predicted octanol–water partition coefficient (Wildman–Crippen LogP) is 1.80. The van der Waals surface area contributed by atoms with E-state index < -0.39 is 0 Å². The molecule has 6 heteroatoms. The molecule has 0 radical (unpaired) electrons. The van der Waals surface area contributed by atoms with Crippen LogP contribution in [-0.2, 0) is 4.74 Å². The van der Waals surface area contributed by atoms with E-state index in [1.807, 2.05) is 19.1 Å². The maximum absolute atomic E-state index is 5.38. The number of methoxy groups -OCH3 is 1. The number of rotatable bonds is 3. The molecule has 2 aromatic rings. The largest absolute Gasteiger partial charge is 0.381 e. The zero-order chi connectivity index (χ0) is 13.2. The summed E-state index contributed by atoms with van der Waals surface area (Å²) in [6.45, 7) is 1.87. The van der Waals surface area contributed by atoms with Gasteiger partial charge in [0.2, 0.25) is 0 Å². The Labute approximate surface area is 112 Å². The number of anilines is 1. The second-order valence-corrected chi connectivity index (χ2v) is 5.08. The molecular formula is C13H19N5O.